The Hall–Kier alpha value is -3.24. The summed E-state index contributed by atoms with van der Waals surface area (Å²) in [6.07, 6.45) is 11.9. The minimum Gasteiger partial charge on any atom is -0.378 e. The third-order valence-electron chi connectivity index (χ3n) is 8.07. The van der Waals surface area contributed by atoms with Crippen LogP contribution in [0.5, 0.6) is 0 Å². The summed E-state index contributed by atoms with van der Waals surface area (Å²) in [5.41, 5.74) is 3.34. The van der Waals surface area contributed by atoms with E-state index in [0.717, 1.165) is 49.6 Å². The van der Waals surface area contributed by atoms with Crippen LogP contribution in [0.15, 0.2) is 48.8 Å². The molecule has 39 heavy (non-hydrogen) atoms. The van der Waals surface area contributed by atoms with Crippen molar-refractivity contribution in [2.45, 2.75) is 95.7 Å². The number of likely N-dealkylation sites (N-methyl/N-ethyl adjacent to an activating group) is 1. The quantitative estimate of drug-likeness (QED) is 0.361. The van der Waals surface area contributed by atoms with Gasteiger partial charge in [-0.05, 0) is 54.9 Å². The van der Waals surface area contributed by atoms with Crippen molar-refractivity contribution in [1.82, 2.24) is 10.3 Å². The first kappa shape index (κ1) is 30.3. The third kappa shape index (κ3) is 8.37. The maximum Gasteiger partial charge on any atom is 0.247 e. The first-order valence-corrected chi connectivity index (χ1v) is 14.2. The van der Waals surface area contributed by atoms with Gasteiger partial charge in [-0.15, -0.1) is 0 Å². The Balaban J connectivity index is 0.000000320. The van der Waals surface area contributed by atoms with Gasteiger partial charge >= 0.3 is 0 Å². The number of aliphatic hydroxyl groups is 1. The summed E-state index contributed by atoms with van der Waals surface area (Å²) in [5.74, 6) is -0.149. The highest BCUT2D eigenvalue weighted by atomic mass is 16.3. The SMILES string of the molecule is CN(c1ccc(C(C)(C)C)cc1)C(C(=O)NC1CCCCC1)c1cccnc1.N#CC(O)C1CCCC1C=O. The molecule has 2 N–H and O–H groups in total. The van der Waals surface area contributed by atoms with E-state index in [0.29, 0.717) is 0 Å². The molecule has 0 spiro atoms. The zero-order valence-corrected chi connectivity index (χ0v) is 23.8. The third-order valence-corrected chi connectivity index (χ3v) is 8.07. The van der Waals surface area contributed by atoms with Gasteiger partial charge in [0.1, 0.15) is 18.4 Å². The molecule has 0 aliphatic heterocycles. The second-order valence-corrected chi connectivity index (χ2v) is 11.9. The Morgan fingerprint density at radius 3 is 2.36 bits per heavy atom. The van der Waals surface area contributed by atoms with E-state index in [2.05, 4.69) is 60.2 Å². The zero-order chi connectivity index (χ0) is 28.4. The molecule has 0 saturated heterocycles. The molecule has 1 aromatic carbocycles. The fourth-order valence-electron chi connectivity index (χ4n) is 5.64. The van der Waals surface area contributed by atoms with Crippen LogP contribution in [0.4, 0.5) is 5.69 Å². The summed E-state index contributed by atoms with van der Waals surface area (Å²) in [5, 5.41) is 20.8. The highest BCUT2D eigenvalue weighted by Gasteiger charge is 2.32. The number of aldehydes is 1. The van der Waals surface area contributed by atoms with Gasteiger partial charge in [-0.2, -0.15) is 5.26 Å². The van der Waals surface area contributed by atoms with E-state index in [4.69, 9.17) is 10.4 Å². The average Bonchev–Trinajstić information content (AvgIpc) is 3.43. The standard InChI is InChI=1S/C24H33N3O.C8H11NO2/c1-24(2,3)19-12-14-21(15-13-19)27(4)22(18-9-8-16-25-17-18)23(28)26-20-10-6-5-7-11-20;9-4-8(11)7-3-1-2-6(7)5-10/h8-9,12-17,20,22H,5-7,10-11H2,1-4H3,(H,26,28);5-8,11H,1-3H2. The molecular formula is C32H44N4O3. The number of rotatable bonds is 7. The van der Waals surface area contributed by atoms with E-state index in [9.17, 15) is 9.59 Å². The molecule has 2 saturated carbocycles. The first-order chi connectivity index (χ1) is 18.7. The topological polar surface area (TPSA) is 106 Å². The summed E-state index contributed by atoms with van der Waals surface area (Å²) >= 11 is 0. The summed E-state index contributed by atoms with van der Waals surface area (Å²) in [7, 11) is 1.99. The highest BCUT2D eigenvalue weighted by molar-refractivity contribution is 5.86. The van der Waals surface area contributed by atoms with Crippen LogP contribution in [0, 0.1) is 23.2 Å². The van der Waals surface area contributed by atoms with Crippen LogP contribution >= 0.6 is 0 Å². The number of anilines is 1. The number of carbonyl (C=O) groups excluding carboxylic acids is 2. The Kier molecular flexibility index (Phi) is 11.1. The number of aliphatic hydroxyl groups excluding tert-OH is 1. The maximum absolute atomic E-state index is 13.3. The van der Waals surface area contributed by atoms with Gasteiger partial charge in [-0.25, -0.2) is 0 Å². The van der Waals surface area contributed by atoms with Crippen LogP contribution in [0.25, 0.3) is 0 Å². The fraction of sp³-hybridized carbons (Fsp3) is 0.562. The monoisotopic (exact) mass is 532 g/mol. The van der Waals surface area contributed by atoms with Gasteiger partial charge in [-0.3, -0.25) is 9.78 Å². The molecule has 210 valence electrons. The van der Waals surface area contributed by atoms with Crippen LogP contribution < -0.4 is 10.2 Å². The lowest BCUT2D eigenvalue weighted by Gasteiger charge is -2.32. The molecule has 2 fully saturated rings. The van der Waals surface area contributed by atoms with Crippen molar-refractivity contribution in [2.75, 3.05) is 11.9 Å². The van der Waals surface area contributed by atoms with Gasteiger partial charge in [0.05, 0.1) is 6.07 Å². The summed E-state index contributed by atoms with van der Waals surface area (Å²) < 4.78 is 0. The van der Waals surface area contributed by atoms with Crippen molar-refractivity contribution in [1.29, 1.82) is 5.26 Å². The van der Waals surface area contributed by atoms with E-state index in [-0.39, 0.29) is 29.2 Å². The summed E-state index contributed by atoms with van der Waals surface area (Å²) in [4.78, 5) is 30.0. The number of carbonyl (C=O) groups is 2. The van der Waals surface area contributed by atoms with Gasteiger partial charge in [0.15, 0.2) is 0 Å². The second kappa shape index (κ2) is 14.2. The molecule has 2 aromatic rings. The number of nitrogens with zero attached hydrogens (tertiary/aromatic N) is 3. The van der Waals surface area contributed by atoms with Gasteiger partial charge in [0.25, 0.3) is 0 Å². The van der Waals surface area contributed by atoms with Gasteiger partial charge in [-0.1, -0.05) is 64.7 Å². The predicted octanol–water partition coefficient (Wildman–Crippen LogP) is 5.49. The van der Waals surface area contributed by atoms with E-state index in [1.54, 1.807) is 18.5 Å². The first-order valence-electron chi connectivity index (χ1n) is 14.2. The second-order valence-electron chi connectivity index (χ2n) is 11.9. The number of pyridine rings is 1. The van der Waals surface area contributed by atoms with E-state index < -0.39 is 12.1 Å². The lowest BCUT2D eigenvalue weighted by Crippen LogP contribution is -2.44. The number of hydrogen-bond acceptors (Lipinski definition) is 6. The Labute approximate surface area is 233 Å². The smallest absolute Gasteiger partial charge is 0.247 e. The van der Waals surface area contributed by atoms with Crippen molar-refractivity contribution >= 4 is 17.9 Å². The normalized spacial score (nSPS) is 21.0. The van der Waals surface area contributed by atoms with Crippen molar-refractivity contribution < 1.29 is 14.7 Å². The van der Waals surface area contributed by atoms with Crippen molar-refractivity contribution in [3.05, 3.63) is 59.9 Å². The number of amides is 1. The Morgan fingerprint density at radius 1 is 1.10 bits per heavy atom. The molecule has 2 aliphatic carbocycles. The minimum absolute atomic E-state index is 0.0577. The van der Waals surface area contributed by atoms with Gasteiger partial charge in [0.2, 0.25) is 5.91 Å². The van der Waals surface area contributed by atoms with Gasteiger partial charge in [0, 0.05) is 48.6 Å². The summed E-state index contributed by atoms with van der Waals surface area (Å²) in [6.45, 7) is 6.63. The van der Waals surface area contributed by atoms with Crippen LogP contribution in [0.2, 0.25) is 0 Å². The van der Waals surface area contributed by atoms with Crippen LogP contribution in [-0.2, 0) is 15.0 Å². The molecular weight excluding hydrogens is 488 g/mol. The van der Waals surface area contributed by atoms with Crippen LogP contribution in [-0.4, -0.2) is 41.5 Å². The van der Waals surface area contributed by atoms with Crippen molar-refractivity contribution in [3.63, 3.8) is 0 Å². The van der Waals surface area contributed by atoms with Crippen LogP contribution in [0.3, 0.4) is 0 Å². The molecule has 1 heterocycles. The predicted molar refractivity (Wildman–Crippen MR) is 154 cm³/mol. The number of hydrogen-bond donors (Lipinski definition) is 2. The maximum atomic E-state index is 13.3. The minimum atomic E-state index is -0.951. The fourth-order valence-corrected chi connectivity index (χ4v) is 5.64. The number of aromatic nitrogens is 1. The van der Waals surface area contributed by atoms with Crippen molar-refractivity contribution in [3.8, 4) is 6.07 Å². The molecule has 1 amide bonds. The number of benzene rings is 1. The van der Waals surface area contributed by atoms with Crippen molar-refractivity contribution in [2.24, 2.45) is 11.8 Å². The number of nitrogens with one attached hydrogen (secondary N) is 1. The molecule has 1 aromatic heterocycles. The molecule has 4 rings (SSSR count). The van der Waals surface area contributed by atoms with E-state index in [1.807, 2.05) is 19.2 Å². The largest absolute Gasteiger partial charge is 0.378 e. The average molecular weight is 533 g/mol. The molecule has 7 heteroatoms. The Bertz CT molecular complexity index is 1090. The van der Waals surface area contributed by atoms with Crippen LogP contribution in [0.1, 0.15) is 89.3 Å². The molecule has 7 nitrogen and oxygen atoms in total. The van der Waals surface area contributed by atoms with E-state index in [1.165, 1.54) is 24.8 Å². The molecule has 0 bridgehead atoms. The lowest BCUT2D eigenvalue weighted by molar-refractivity contribution is -0.123. The summed E-state index contributed by atoms with van der Waals surface area (Å²) in [6, 6.07) is 14.1. The highest BCUT2D eigenvalue weighted by Crippen LogP contribution is 2.32. The zero-order valence-electron chi connectivity index (χ0n) is 23.8. The molecule has 4 unspecified atom stereocenters. The Morgan fingerprint density at radius 2 is 1.79 bits per heavy atom. The molecule has 4 atom stereocenters. The molecule has 2 aliphatic rings. The lowest BCUT2D eigenvalue weighted by atomic mass is 9.87. The van der Waals surface area contributed by atoms with E-state index >= 15 is 0 Å². The molecule has 0 radical (unpaired) electrons. The van der Waals surface area contributed by atoms with Gasteiger partial charge < -0.3 is 20.1 Å². The number of nitriles is 1.